The van der Waals surface area contributed by atoms with Crippen LogP contribution in [-0.4, -0.2) is 16.1 Å². The van der Waals surface area contributed by atoms with Crippen molar-refractivity contribution < 1.29 is 9.90 Å². The van der Waals surface area contributed by atoms with Crippen LogP contribution in [0.2, 0.25) is 0 Å². The first-order valence-corrected chi connectivity index (χ1v) is 5.86. The second-order valence-corrected chi connectivity index (χ2v) is 4.31. The van der Waals surface area contributed by atoms with E-state index in [4.69, 9.17) is 0 Å². The Morgan fingerprint density at radius 3 is 2.50 bits per heavy atom. The molecule has 3 nitrogen and oxygen atoms in total. The van der Waals surface area contributed by atoms with E-state index in [0.29, 0.717) is 6.42 Å². The Labute approximate surface area is 106 Å². The van der Waals surface area contributed by atoms with Gasteiger partial charge in [0, 0.05) is 11.9 Å². The van der Waals surface area contributed by atoms with Crippen molar-refractivity contribution in [2.45, 2.75) is 19.3 Å². The molecule has 1 aromatic heterocycles. The monoisotopic (exact) mass is 241 g/mol. The molecule has 92 valence electrons. The molecular formula is C15H15NO2. The summed E-state index contributed by atoms with van der Waals surface area (Å²) in [5, 5.41) is 9.32. The maximum atomic E-state index is 11.4. The number of aromatic nitrogens is 1. The summed E-state index contributed by atoms with van der Waals surface area (Å²) in [6.07, 6.45) is 2.21. The molecule has 0 aliphatic heterocycles. The van der Waals surface area contributed by atoms with Crippen molar-refractivity contribution in [1.82, 2.24) is 4.98 Å². The lowest BCUT2D eigenvalue weighted by molar-refractivity contribution is -0.138. The molecule has 18 heavy (non-hydrogen) atoms. The van der Waals surface area contributed by atoms with E-state index in [1.165, 1.54) is 0 Å². The predicted molar refractivity (Wildman–Crippen MR) is 69.5 cm³/mol. The summed E-state index contributed by atoms with van der Waals surface area (Å²) in [5.41, 5.74) is 2.70. The van der Waals surface area contributed by atoms with Gasteiger partial charge in [0.15, 0.2) is 0 Å². The maximum Gasteiger partial charge on any atom is 0.311 e. The fourth-order valence-electron chi connectivity index (χ4n) is 1.89. The lowest BCUT2D eigenvalue weighted by Gasteiger charge is -2.12. The third-order valence-corrected chi connectivity index (χ3v) is 2.91. The smallest absolute Gasteiger partial charge is 0.311 e. The zero-order valence-corrected chi connectivity index (χ0v) is 10.2. The van der Waals surface area contributed by atoms with Gasteiger partial charge in [-0.05, 0) is 30.5 Å². The van der Waals surface area contributed by atoms with Crippen molar-refractivity contribution >= 4 is 5.97 Å². The minimum atomic E-state index is -0.804. The number of aryl methyl sites for hydroxylation is 1. The number of rotatable bonds is 4. The van der Waals surface area contributed by atoms with E-state index < -0.39 is 11.9 Å². The van der Waals surface area contributed by atoms with Gasteiger partial charge in [-0.1, -0.05) is 36.4 Å². The van der Waals surface area contributed by atoms with E-state index in [9.17, 15) is 9.90 Å². The molecule has 2 aromatic rings. The molecule has 3 heteroatoms. The van der Waals surface area contributed by atoms with Crippen molar-refractivity contribution in [2.75, 3.05) is 0 Å². The summed E-state index contributed by atoms with van der Waals surface area (Å²) in [6.45, 7) is 1.91. The molecule has 1 heterocycles. The quantitative estimate of drug-likeness (QED) is 0.895. The molecule has 0 saturated carbocycles. The average molecular weight is 241 g/mol. The van der Waals surface area contributed by atoms with Gasteiger partial charge in [-0.3, -0.25) is 9.78 Å². The van der Waals surface area contributed by atoms with Gasteiger partial charge in [0.05, 0.1) is 5.92 Å². The third-order valence-electron chi connectivity index (χ3n) is 2.91. The predicted octanol–water partition coefficient (Wildman–Crippen LogP) is 2.80. The molecule has 0 fully saturated rings. The van der Waals surface area contributed by atoms with Gasteiger partial charge in [-0.2, -0.15) is 0 Å². The molecule has 2 rings (SSSR count). The normalized spacial score (nSPS) is 12.1. The summed E-state index contributed by atoms with van der Waals surface area (Å²) in [4.78, 5) is 15.5. The number of carbonyl (C=O) groups is 1. The molecule has 0 amide bonds. The number of benzene rings is 1. The summed E-state index contributed by atoms with van der Waals surface area (Å²) >= 11 is 0. The Morgan fingerprint density at radius 2 is 1.94 bits per heavy atom. The zero-order chi connectivity index (χ0) is 13.0. The Kier molecular flexibility index (Phi) is 3.72. The van der Waals surface area contributed by atoms with Crippen LogP contribution in [0.1, 0.15) is 22.7 Å². The van der Waals surface area contributed by atoms with Gasteiger partial charge in [0.25, 0.3) is 0 Å². The highest BCUT2D eigenvalue weighted by Gasteiger charge is 2.19. The largest absolute Gasteiger partial charge is 0.481 e. The molecule has 1 unspecified atom stereocenters. The van der Waals surface area contributed by atoms with Gasteiger partial charge in [0.2, 0.25) is 0 Å². The van der Waals surface area contributed by atoms with Crippen LogP contribution in [0.3, 0.4) is 0 Å². The fourth-order valence-corrected chi connectivity index (χ4v) is 1.89. The van der Waals surface area contributed by atoms with Crippen LogP contribution in [0.25, 0.3) is 0 Å². The van der Waals surface area contributed by atoms with Crippen LogP contribution >= 0.6 is 0 Å². The fraction of sp³-hybridized carbons (Fsp3) is 0.200. The van der Waals surface area contributed by atoms with Gasteiger partial charge in [0.1, 0.15) is 0 Å². The van der Waals surface area contributed by atoms with Crippen molar-refractivity contribution in [1.29, 1.82) is 0 Å². The highest BCUT2D eigenvalue weighted by molar-refractivity contribution is 5.76. The van der Waals surface area contributed by atoms with E-state index in [1.54, 1.807) is 6.20 Å². The van der Waals surface area contributed by atoms with E-state index in [-0.39, 0.29) is 0 Å². The van der Waals surface area contributed by atoms with E-state index in [1.807, 2.05) is 49.4 Å². The first kappa shape index (κ1) is 12.3. The van der Waals surface area contributed by atoms with Crippen LogP contribution < -0.4 is 0 Å². The molecule has 0 aliphatic rings. The topological polar surface area (TPSA) is 50.2 Å². The van der Waals surface area contributed by atoms with Crippen LogP contribution in [0.15, 0.2) is 48.7 Å². The summed E-state index contributed by atoms with van der Waals surface area (Å²) < 4.78 is 0. The Hall–Kier alpha value is -2.16. The van der Waals surface area contributed by atoms with Gasteiger partial charge in [-0.15, -0.1) is 0 Å². The summed E-state index contributed by atoms with van der Waals surface area (Å²) in [6, 6.07) is 13.1. The molecular weight excluding hydrogens is 226 g/mol. The second kappa shape index (κ2) is 5.45. The number of carboxylic acids is 1. The minimum absolute atomic E-state index is 0.465. The highest BCUT2D eigenvalue weighted by atomic mass is 16.4. The second-order valence-electron chi connectivity index (χ2n) is 4.31. The molecule has 1 N–H and O–H groups in total. The van der Waals surface area contributed by atoms with Crippen molar-refractivity contribution in [3.05, 3.63) is 65.5 Å². The Bertz CT molecular complexity index is 520. The molecule has 1 aromatic carbocycles. The third kappa shape index (κ3) is 2.94. The number of pyridine rings is 1. The number of carboxylic acid groups (broad SMARTS) is 1. The SMILES string of the molecule is Cc1ccc(CC(C(=O)O)c2ccccc2)cn1. The maximum absolute atomic E-state index is 11.4. The first-order valence-electron chi connectivity index (χ1n) is 5.86. The average Bonchev–Trinajstić information content (AvgIpc) is 2.38. The molecule has 0 bridgehead atoms. The molecule has 0 aliphatic carbocycles. The van der Waals surface area contributed by atoms with E-state index in [0.717, 1.165) is 16.8 Å². The number of aliphatic carboxylic acids is 1. The lowest BCUT2D eigenvalue weighted by atomic mass is 9.93. The lowest BCUT2D eigenvalue weighted by Crippen LogP contribution is -2.14. The van der Waals surface area contributed by atoms with E-state index in [2.05, 4.69) is 4.98 Å². The summed E-state index contributed by atoms with van der Waals surface area (Å²) in [7, 11) is 0. The molecule has 0 saturated heterocycles. The van der Waals surface area contributed by atoms with Crippen LogP contribution in [0.4, 0.5) is 0 Å². The van der Waals surface area contributed by atoms with Gasteiger partial charge < -0.3 is 5.11 Å². The number of hydrogen-bond acceptors (Lipinski definition) is 2. The van der Waals surface area contributed by atoms with Gasteiger partial charge in [-0.25, -0.2) is 0 Å². The van der Waals surface area contributed by atoms with Crippen molar-refractivity contribution in [3.8, 4) is 0 Å². The first-order chi connectivity index (χ1) is 8.66. The Morgan fingerprint density at radius 1 is 1.22 bits per heavy atom. The molecule has 0 radical (unpaired) electrons. The molecule has 0 spiro atoms. The van der Waals surface area contributed by atoms with Crippen LogP contribution in [0.5, 0.6) is 0 Å². The summed E-state index contributed by atoms with van der Waals surface area (Å²) in [5.74, 6) is -1.32. The van der Waals surface area contributed by atoms with E-state index >= 15 is 0 Å². The zero-order valence-electron chi connectivity index (χ0n) is 10.2. The highest BCUT2D eigenvalue weighted by Crippen LogP contribution is 2.20. The number of hydrogen-bond donors (Lipinski definition) is 1. The van der Waals surface area contributed by atoms with Crippen molar-refractivity contribution in [3.63, 3.8) is 0 Å². The van der Waals surface area contributed by atoms with Crippen LogP contribution in [0, 0.1) is 6.92 Å². The van der Waals surface area contributed by atoms with Crippen molar-refractivity contribution in [2.24, 2.45) is 0 Å². The Balaban J connectivity index is 2.22. The molecule has 1 atom stereocenters. The van der Waals surface area contributed by atoms with Gasteiger partial charge >= 0.3 is 5.97 Å². The van der Waals surface area contributed by atoms with Crippen LogP contribution in [-0.2, 0) is 11.2 Å². The standard InChI is InChI=1S/C15H15NO2/c1-11-7-8-12(10-16-11)9-14(15(17)18)13-5-3-2-4-6-13/h2-8,10,14H,9H2,1H3,(H,17,18). The number of nitrogens with zero attached hydrogens (tertiary/aromatic N) is 1. The minimum Gasteiger partial charge on any atom is -0.481 e.